The van der Waals surface area contributed by atoms with Crippen LogP contribution in [0.15, 0.2) is 12.1 Å². The van der Waals surface area contributed by atoms with Gasteiger partial charge in [0.2, 0.25) is 0 Å². The van der Waals surface area contributed by atoms with Gasteiger partial charge in [0.1, 0.15) is 11.5 Å². The van der Waals surface area contributed by atoms with Crippen molar-refractivity contribution in [2.75, 3.05) is 46.7 Å². The molecule has 0 atom stereocenters. The Morgan fingerprint density at radius 3 is 2.42 bits per heavy atom. The summed E-state index contributed by atoms with van der Waals surface area (Å²) in [5.74, 6) is 1.44. The van der Waals surface area contributed by atoms with Gasteiger partial charge in [-0.05, 0) is 38.1 Å². The van der Waals surface area contributed by atoms with E-state index in [4.69, 9.17) is 20.3 Å². The lowest BCUT2D eigenvalue weighted by molar-refractivity contribution is 0.220. The normalized spacial score (nSPS) is 10.8. The van der Waals surface area contributed by atoms with Gasteiger partial charge in [-0.3, -0.25) is 0 Å². The van der Waals surface area contributed by atoms with Crippen LogP contribution in [0, 0.1) is 0 Å². The Hall–Kier alpha value is -1.46. The second-order valence-corrected chi connectivity index (χ2v) is 4.54. The van der Waals surface area contributed by atoms with Crippen LogP contribution in [-0.4, -0.2) is 51.0 Å². The number of rotatable bonds is 8. The largest absolute Gasteiger partial charge is 0.496 e. The number of nitrogens with two attached hydrogens (primary N) is 1. The lowest BCUT2D eigenvalue weighted by Gasteiger charge is -2.16. The Morgan fingerprint density at radius 2 is 1.84 bits per heavy atom. The summed E-state index contributed by atoms with van der Waals surface area (Å²) >= 11 is 0. The predicted molar refractivity (Wildman–Crippen MR) is 76.9 cm³/mol. The van der Waals surface area contributed by atoms with E-state index in [-0.39, 0.29) is 6.61 Å². The first-order valence-corrected chi connectivity index (χ1v) is 6.42. The van der Waals surface area contributed by atoms with Crippen LogP contribution in [0.3, 0.4) is 0 Å². The van der Waals surface area contributed by atoms with E-state index < -0.39 is 0 Å². The molecule has 3 N–H and O–H groups in total. The first kappa shape index (κ1) is 15.6. The number of hydrogen-bond acceptors (Lipinski definition) is 5. The molecule has 1 rings (SSSR count). The third-order valence-electron chi connectivity index (χ3n) is 3.10. The molecule has 0 spiro atoms. The molecule has 5 heteroatoms. The van der Waals surface area contributed by atoms with E-state index in [0.29, 0.717) is 18.0 Å². The van der Waals surface area contributed by atoms with Gasteiger partial charge in [-0.15, -0.1) is 0 Å². The molecule has 19 heavy (non-hydrogen) atoms. The Bertz CT molecular complexity index is 397. The van der Waals surface area contributed by atoms with Gasteiger partial charge < -0.3 is 25.2 Å². The minimum absolute atomic E-state index is 0.190. The van der Waals surface area contributed by atoms with E-state index in [1.165, 1.54) is 0 Å². The van der Waals surface area contributed by atoms with Crippen molar-refractivity contribution in [3.63, 3.8) is 0 Å². The zero-order valence-corrected chi connectivity index (χ0v) is 12.0. The van der Waals surface area contributed by atoms with E-state index in [0.717, 1.165) is 30.7 Å². The topological polar surface area (TPSA) is 68.0 Å². The molecule has 1 aromatic rings. The summed E-state index contributed by atoms with van der Waals surface area (Å²) < 4.78 is 10.5. The van der Waals surface area contributed by atoms with E-state index >= 15 is 0 Å². The van der Waals surface area contributed by atoms with Gasteiger partial charge in [0.05, 0.1) is 26.5 Å². The quantitative estimate of drug-likeness (QED) is 0.692. The maximum Gasteiger partial charge on any atom is 0.145 e. The third-order valence-corrected chi connectivity index (χ3v) is 3.10. The summed E-state index contributed by atoms with van der Waals surface area (Å²) in [6, 6.07) is 3.73. The molecule has 108 valence electrons. The predicted octanol–water partition coefficient (Wildman–Crippen LogP) is 1.14. The monoisotopic (exact) mass is 268 g/mol. The van der Waals surface area contributed by atoms with Crippen molar-refractivity contribution in [2.45, 2.75) is 12.8 Å². The molecule has 1 aromatic carbocycles. The smallest absolute Gasteiger partial charge is 0.145 e. The SMILES string of the molecule is COc1cc(OC)c(CCCN(C)CCO)cc1N. The Balaban J connectivity index is 2.64. The van der Waals surface area contributed by atoms with Crippen LogP contribution in [0.4, 0.5) is 5.69 Å². The highest BCUT2D eigenvalue weighted by Crippen LogP contribution is 2.31. The lowest BCUT2D eigenvalue weighted by Crippen LogP contribution is -2.23. The van der Waals surface area contributed by atoms with Gasteiger partial charge in [-0.2, -0.15) is 0 Å². The molecular weight excluding hydrogens is 244 g/mol. The van der Waals surface area contributed by atoms with Crippen LogP contribution >= 0.6 is 0 Å². The molecule has 0 heterocycles. The minimum Gasteiger partial charge on any atom is -0.496 e. The minimum atomic E-state index is 0.190. The summed E-state index contributed by atoms with van der Waals surface area (Å²) in [5.41, 5.74) is 7.62. The zero-order chi connectivity index (χ0) is 14.3. The molecule has 0 radical (unpaired) electrons. The van der Waals surface area contributed by atoms with E-state index in [1.807, 2.05) is 19.2 Å². The number of aliphatic hydroxyl groups is 1. The fourth-order valence-corrected chi connectivity index (χ4v) is 2.01. The number of methoxy groups -OCH3 is 2. The maximum absolute atomic E-state index is 8.84. The Labute approximate surface area is 114 Å². The van der Waals surface area contributed by atoms with Crippen LogP contribution in [-0.2, 0) is 6.42 Å². The molecule has 0 aliphatic carbocycles. The molecule has 0 saturated carbocycles. The van der Waals surface area contributed by atoms with Gasteiger partial charge in [0.25, 0.3) is 0 Å². The average molecular weight is 268 g/mol. The van der Waals surface area contributed by atoms with Gasteiger partial charge in [-0.25, -0.2) is 0 Å². The number of likely N-dealkylation sites (N-methyl/N-ethyl adjacent to an activating group) is 1. The van der Waals surface area contributed by atoms with Crippen LogP contribution < -0.4 is 15.2 Å². The Morgan fingerprint density at radius 1 is 1.16 bits per heavy atom. The Kier molecular flexibility index (Phi) is 6.45. The van der Waals surface area contributed by atoms with Crippen molar-refractivity contribution in [2.24, 2.45) is 0 Å². The molecule has 0 aromatic heterocycles. The average Bonchev–Trinajstić information content (AvgIpc) is 2.39. The van der Waals surface area contributed by atoms with Crippen molar-refractivity contribution in [3.05, 3.63) is 17.7 Å². The number of nitrogens with zero attached hydrogens (tertiary/aromatic N) is 1. The molecule has 5 nitrogen and oxygen atoms in total. The summed E-state index contributed by atoms with van der Waals surface area (Å²) in [6.07, 6.45) is 1.87. The number of aliphatic hydroxyl groups excluding tert-OH is 1. The number of aryl methyl sites for hydroxylation is 1. The number of hydrogen-bond donors (Lipinski definition) is 2. The zero-order valence-electron chi connectivity index (χ0n) is 12.0. The van der Waals surface area contributed by atoms with E-state index in [1.54, 1.807) is 14.2 Å². The summed E-state index contributed by atoms with van der Waals surface area (Å²) in [5, 5.41) is 8.84. The first-order valence-electron chi connectivity index (χ1n) is 6.42. The van der Waals surface area contributed by atoms with Crippen LogP contribution in [0.1, 0.15) is 12.0 Å². The van der Waals surface area contributed by atoms with Crippen molar-refractivity contribution >= 4 is 5.69 Å². The summed E-state index contributed by atoms with van der Waals surface area (Å²) in [6.45, 7) is 1.81. The van der Waals surface area contributed by atoms with Gasteiger partial charge in [0, 0.05) is 12.6 Å². The third kappa shape index (κ3) is 4.61. The summed E-state index contributed by atoms with van der Waals surface area (Å²) in [7, 11) is 5.23. The van der Waals surface area contributed by atoms with Crippen LogP contribution in [0.25, 0.3) is 0 Å². The van der Waals surface area contributed by atoms with Crippen molar-refractivity contribution in [1.82, 2.24) is 4.90 Å². The molecule has 0 aliphatic heterocycles. The second kappa shape index (κ2) is 7.86. The molecule has 0 bridgehead atoms. The highest BCUT2D eigenvalue weighted by atomic mass is 16.5. The van der Waals surface area contributed by atoms with Gasteiger partial charge in [0.15, 0.2) is 0 Å². The number of nitrogen functional groups attached to an aromatic ring is 1. The molecule has 0 fully saturated rings. The number of benzene rings is 1. The van der Waals surface area contributed by atoms with Crippen molar-refractivity contribution < 1.29 is 14.6 Å². The van der Waals surface area contributed by atoms with E-state index in [2.05, 4.69) is 4.90 Å². The molecule has 0 amide bonds. The highest BCUT2D eigenvalue weighted by molar-refractivity contribution is 5.59. The number of ether oxygens (including phenoxy) is 2. The van der Waals surface area contributed by atoms with Crippen molar-refractivity contribution in [1.29, 1.82) is 0 Å². The first-order chi connectivity index (χ1) is 9.12. The fraction of sp³-hybridized carbons (Fsp3) is 0.571. The molecular formula is C14H24N2O3. The molecule has 0 unspecified atom stereocenters. The standard InChI is InChI=1S/C14H24N2O3/c1-16(7-8-17)6-4-5-11-9-12(15)14(19-3)10-13(11)18-2/h9-10,17H,4-8,15H2,1-3H3. The summed E-state index contributed by atoms with van der Waals surface area (Å²) in [4.78, 5) is 2.10. The second-order valence-electron chi connectivity index (χ2n) is 4.54. The van der Waals surface area contributed by atoms with E-state index in [9.17, 15) is 0 Å². The fourth-order valence-electron chi connectivity index (χ4n) is 2.01. The molecule has 0 saturated heterocycles. The molecule has 0 aliphatic rings. The lowest BCUT2D eigenvalue weighted by atomic mass is 10.1. The number of anilines is 1. The van der Waals surface area contributed by atoms with Gasteiger partial charge in [-0.1, -0.05) is 0 Å². The van der Waals surface area contributed by atoms with Crippen molar-refractivity contribution in [3.8, 4) is 11.5 Å². The maximum atomic E-state index is 8.84. The van der Waals surface area contributed by atoms with Crippen LogP contribution in [0.2, 0.25) is 0 Å². The van der Waals surface area contributed by atoms with Gasteiger partial charge >= 0.3 is 0 Å². The highest BCUT2D eigenvalue weighted by Gasteiger charge is 2.09. The van der Waals surface area contributed by atoms with Crippen LogP contribution in [0.5, 0.6) is 11.5 Å².